The molecule has 10 atom stereocenters. The number of nitrogens with one attached hydrogen (secondary N) is 3. The highest BCUT2D eigenvalue weighted by atomic mass is 16.8. The van der Waals surface area contributed by atoms with Crippen molar-refractivity contribution >= 4 is 5.91 Å². The minimum atomic E-state index is -2.05. The van der Waals surface area contributed by atoms with Gasteiger partial charge in [0.05, 0.1) is 36.5 Å². The molecule has 0 aromatic carbocycles. The normalized spacial score (nSPS) is 44.8. The van der Waals surface area contributed by atoms with E-state index in [1.807, 2.05) is 0 Å². The molecule has 1 aromatic rings. The number of ether oxygens (including phenoxy) is 3. The van der Waals surface area contributed by atoms with Gasteiger partial charge in [-0.1, -0.05) is 0 Å². The van der Waals surface area contributed by atoms with E-state index in [1.54, 1.807) is 21.0 Å². The van der Waals surface area contributed by atoms with E-state index in [4.69, 9.17) is 14.2 Å². The predicted octanol–water partition coefficient (Wildman–Crippen LogP) is -2.91. The third-order valence-corrected chi connectivity index (χ3v) is 6.25. The molecule has 3 fully saturated rings. The maximum absolute atomic E-state index is 12.7. The minimum Gasteiger partial charge on any atom is -0.390 e. The highest BCUT2D eigenvalue weighted by Gasteiger charge is 2.63. The summed E-state index contributed by atoms with van der Waals surface area (Å²) in [5, 5.41) is 41.6. The number of hydrogen-bond donors (Lipinski definition) is 6. The number of aliphatic hydroxyl groups is 3. The lowest BCUT2D eigenvalue weighted by molar-refractivity contribution is -0.448. The van der Waals surface area contributed by atoms with Crippen LogP contribution in [-0.2, 0) is 14.2 Å². The summed E-state index contributed by atoms with van der Waals surface area (Å²) in [7, 11) is 3.27. The van der Waals surface area contributed by atoms with Gasteiger partial charge >= 0.3 is 0 Å². The standard InChI is InChI=1S/C19H29N5O7/c1-8-6-10(24-17(27)9-7-22-4-5-23-9)19(28)18(29-8)30-16-14(26)11(20-2)13(25)12(21-3)15(16)31-19/h4-5,7-8,10-16,18,20-21,25-26,28H,6H2,1-3H3,(H,24,27)/t8-,10-,11-,12+,13+,14-,15?,16?,18?,19+/m1/s1. The van der Waals surface area contributed by atoms with Crippen LogP contribution in [0.5, 0.6) is 0 Å². The zero-order valence-corrected chi connectivity index (χ0v) is 17.5. The van der Waals surface area contributed by atoms with E-state index in [0.717, 1.165) is 0 Å². The van der Waals surface area contributed by atoms with Crippen molar-refractivity contribution in [3.05, 3.63) is 24.3 Å². The topological polar surface area (TPSA) is 167 Å². The number of fused-ring (bicyclic) bond motifs is 2. The molecular formula is C19H29N5O7. The van der Waals surface area contributed by atoms with E-state index in [9.17, 15) is 20.1 Å². The summed E-state index contributed by atoms with van der Waals surface area (Å²) < 4.78 is 17.8. The highest BCUT2D eigenvalue weighted by molar-refractivity contribution is 5.92. The number of rotatable bonds is 4. The van der Waals surface area contributed by atoms with Crippen molar-refractivity contribution in [2.45, 2.75) is 74.1 Å². The van der Waals surface area contributed by atoms with Gasteiger partial charge in [0.1, 0.15) is 24.0 Å². The van der Waals surface area contributed by atoms with Crippen LogP contribution < -0.4 is 16.0 Å². The van der Waals surface area contributed by atoms with E-state index in [2.05, 4.69) is 25.9 Å². The summed E-state index contributed by atoms with van der Waals surface area (Å²) >= 11 is 0. The number of carbonyl (C=O) groups excluding carboxylic acids is 1. The Bertz CT molecular complexity index is 788. The van der Waals surface area contributed by atoms with Crippen LogP contribution in [0.3, 0.4) is 0 Å². The van der Waals surface area contributed by atoms with Gasteiger partial charge in [-0.25, -0.2) is 4.98 Å². The van der Waals surface area contributed by atoms with Crippen LogP contribution in [0.25, 0.3) is 0 Å². The number of carbonyl (C=O) groups is 1. The van der Waals surface area contributed by atoms with Gasteiger partial charge in [-0.15, -0.1) is 0 Å². The average Bonchev–Trinajstić information content (AvgIpc) is 2.75. The lowest BCUT2D eigenvalue weighted by atomic mass is 9.79. The fourth-order valence-corrected chi connectivity index (χ4v) is 4.67. The quantitative estimate of drug-likeness (QED) is 0.285. The molecule has 3 heterocycles. The van der Waals surface area contributed by atoms with E-state index in [1.165, 1.54) is 18.6 Å². The fraction of sp³-hybridized carbons (Fsp3) is 0.737. The molecule has 1 aromatic heterocycles. The van der Waals surface area contributed by atoms with Gasteiger partial charge in [0.25, 0.3) is 5.91 Å². The maximum Gasteiger partial charge on any atom is 0.271 e. The molecule has 6 N–H and O–H groups in total. The van der Waals surface area contributed by atoms with Gasteiger partial charge in [-0.2, -0.15) is 0 Å². The van der Waals surface area contributed by atoms with Crippen LogP contribution in [-0.4, -0.2) is 106 Å². The number of hydrogen-bond acceptors (Lipinski definition) is 11. The lowest BCUT2D eigenvalue weighted by Gasteiger charge is -2.58. The van der Waals surface area contributed by atoms with Crippen molar-refractivity contribution in [2.24, 2.45) is 0 Å². The molecule has 31 heavy (non-hydrogen) atoms. The van der Waals surface area contributed by atoms with Crippen molar-refractivity contribution in [2.75, 3.05) is 14.1 Å². The van der Waals surface area contributed by atoms with Crippen molar-refractivity contribution in [1.29, 1.82) is 0 Å². The molecule has 172 valence electrons. The summed E-state index contributed by atoms with van der Waals surface area (Å²) in [6.07, 6.45) is -1.16. The first-order valence-corrected chi connectivity index (χ1v) is 10.3. The molecule has 2 saturated heterocycles. The molecular weight excluding hydrogens is 410 g/mol. The SMILES string of the molecule is CN[C@@H]1[C@H](O)[C@H](NC)C2O[C@]3(O)C(OC2[C@@H]1O)O[C@H](C)C[C@H]3NC(=O)c1cnccn1. The van der Waals surface area contributed by atoms with E-state index >= 15 is 0 Å². The second kappa shape index (κ2) is 8.64. The Labute approximate surface area is 179 Å². The molecule has 3 unspecified atom stereocenters. The third-order valence-electron chi connectivity index (χ3n) is 6.25. The Morgan fingerprint density at radius 3 is 2.52 bits per heavy atom. The number of likely N-dealkylation sites (N-methyl/N-ethyl adjacent to an activating group) is 2. The Morgan fingerprint density at radius 1 is 1.13 bits per heavy atom. The smallest absolute Gasteiger partial charge is 0.271 e. The largest absolute Gasteiger partial charge is 0.390 e. The molecule has 2 aliphatic heterocycles. The first-order chi connectivity index (χ1) is 14.8. The van der Waals surface area contributed by atoms with E-state index < -0.39 is 60.5 Å². The van der Waals surface area contributed by atoms with Crippen molar-refractivity contribution in [1.82, 2.24) is 25.9 Å². The zero-order chi connectivity index (χ0) is 22.3. The van der Waals surface area contributed by atoms with Crippen molar-refractivity contribution < 1.29 is 34.3 Å². The molecule has 1 saturated carbocycles. The summed E-state index contributed by atoms with van der Waals surface area (Å²) in [6, 6.07) is -2.24. The summed E-state index contributed by atoms with van der Waals surface area (Å²) in [5.74, 6) is -2.58. The number of nitrogens with zero attached hydrogens (tertiary/aromatic N) is 2. The second-order valence-corrected chi connectivity index (χ2v) is 8.18. The van der Waals surface area contributed by atoms with Crippen LogP contribution >= 0.6 is 0 Å². The monoisotopic (exact) mass is 439 g/mol. The van der Waals surface area contributed by atoms with Crippen LogP contribution in [0.1, 0.15) is 23.8 Å². The Kier molecular flexibility index (Phi) is 6.25. The molecule has 1 aliphatic carbocycles. The number of aliphatic hydroxyl groups excluding tert-OH is 2. The van der Waals surface area contributed by atoms with Gasteiger partial charge in [0, 0.05) is 12.4 Å². The zero-order valence-electron chi connectivity index (χ0n) is 17.5. The van der Waals surface area contributed by atoms with Crippen LogP contribution in [0, 0.1) is 0 Å². The molecule has 3 aliphatic rings. The Hall–Kier alpha value is -1.77. The van der Waals surface area contributed by atoms with Gasteiger partial charge < -0.3 is 45.5 Å². The number of aromatic nitrogens is 2. The minimum absolute atomic E-state index is 0.0878. The van der Waals surface area contributed by atoms with Gasteiger partial charge in [0.15, 0.2) is 0 Å². The molecule has 4 rings (SSSR count). The summed E-state index contributed by atoms with van der Waals surface area (Å²) in [5.41, 5.74) is 0.0878. The fourth-order valence-electron chi connectivity index (χ4n) is 4.67. The molecule has 0 bridgehead atoms. The van der Waals surface area contributed by atoms with Crippen LogP contribution in [0.2, 0.25) is 0 Å². The molecule has 0 radical (unpaired) electrons. The maximum atomic E-state index is 12.7. The number of amides is 1. The van der Waals surface area contributed by atoms with Crippen molar-refractivity contribution in [3.8, 4) is 0 Å². The third kappa shape index (κ3) is 3.83. The van der Waals surface area contributed by atoms with Gasteiger partial charge in [0.2, 0.25) is 12.1 Å². The Morgan fingerprint density at radius 2 is 1.87 bits per heavy atom. The molecule has 1 amide bonds. The van der Waals surface area contributed by atoms with Gasteiger partial charge in [-0.05, 0) is 27.4 Å². The summed E-state index contributed by atoms with van der Waals surface area (Å²) in [4.78, 5) is 20.5. The predicted molar refractivity (Wildman–Crippen MR) is 105 cm³/mol. The first-order valence-electron chi connectivity index (χ1n) is 10.3. The summed E-state index contributed by atoms with van der Waals surface area (Å²) in [6.45, 7) is 1.78. The van der Waals surface area contributed by atoms with Crippen LogP contribution in [0.4, 0.5) is 0 Å². The first kappa shape index (κ1) is 22.4. The molecule has 12 nitrogen and oxygen atoms in total. The molecule has 12 heteroatoms. The average molecular weight is 439 g/mol. The Balaban J connectivity index is 1.61. The highest BCUT2D eigenvalue weighted by Crippen LogP contribution is 2.41. The van der Waals surface area contributed by atoms with E-state index in [-0.39, 0.29) is 18.2 Å². The van der Waals surface area contributed by atoms with Crippen molar-refractivity contribution in [3.63, 3.8) is 0 Å². The van der Waals surface area contributed by atoms with E-state index in [0.29, 0.717) is 0 Å². The molecule has 0 spiro atoms. The van der Waals surface area contributed by atoms with Gasteiger partial charge in [-0.3, -0.25) is 9.78 Å². The lowest BCUT2D eigenvalue weighted by Crippen LogP contribution is -2.79. The second-order valence-electron chi connectivity index (χ2n) is 8.18. The van der Waals surface area contributed by atoms with Crippen LogP contribution in [0.15, 0.2) is 18.6 Å².